The van der Waals surface area contributed by atoms with Crippen molar-refractivity contribution in [3.8, 4) is 0 Å². The van der Waals surface area contributed by atoms with Crippen LogP contribution in [0, 0.1) is 6.92 Å². The highest BCUT2D eigenvalue weighted by Crippen LogP contribution is 2.11. The van der Waals surface area contributed by atoms with E-state index in [0.29, 0.717) is 19.6 Å². The molecule has 0 aromatic carbocycles. The standard InChI is InChI=1S/C16H26N4O2/c1-12-8-17-5-4-15(12)18-6-7-19-16(21)11-20-9-13(2)22-14(3)10-20/h4-5,8,13-14H,6-7,9-11H2,1-3H3,(H,17,18)(H,19,21)/t13-,14+. The maximum Gasteiger partial charge on any atom is 0.234 e. The molecule has 6 heteroatoms. The van der Waals surface area contributed by atoms with Crippen LogP contribution < -0.4 is 10.6 Å². The maximum absolute atomic E-state index is 12.0. The Kier molecular flexibility index (Phi) is 6.15. The molecule has 122 valence electrons. The summed E-state index contributed by atoms with van der Waals surface area (Å²) in [6.45, 7) is 9.46. The van der Waals surface area contributed by atoms with Crippen LogP contribution in [-0.4, -0.2) is 60.7 Å². The monoisotopic (exact) mass is 306 g/mol. The van der Waals surface area contributed by atoms with Gasteiger partial charge in [0.25, 0.3) is 0 Å². The second kappa shape index (κ2) is 8.10. The van der Waals surface area contributed by atoms with Gasteiger partial charge in [-0.2, -0.15) is 0 Å². The average molecular weight is 306 g/mol. The van der Waals surface area contributed by atoms with Crippen molar-refractivity contribution in [1.82, 2.24) is 15.2 Å². The van der Waals surface area contributed by atoms with Crippen molar-refractivity contribution >= 4 is 11.6 Å². The smallest absolute Gasteiger partial charge is 0.234 e. The molecule has 1 amide bonds. The van der Waals surface area contributed by atoms with Gasteiger partial charge in [0.05, 0.1) is 18.8 Å². The Morgan fingerprint density at radius 1 is 1.36 bits per heavy atom. The normalized spacial score (nSPS) is 22.3. The summed E-state index contributed by atoms with van der Waals surface area (Å²) in [6, 6.07) is 1.94. The molecule has 2 atom stereocenters. The highest BCUT2D eigenvalue weighted by atomic mass is 16.5. The summed E-state index contributed by atoms with van der Waals surface area (Å²) in [5.74, 6) is 0.0644. The summed E-state index contributed by atoms with van der Waals surface area (Å²) in [5, 5.41) is 6.25. The molecular weight excluding hydrogens is 280 g/mol. The van der Waals surface area contributed by atoms with Gasteiger partial charge in [-0.05, 0) is 32.4 Å². The Labute approximate surface area is 132 Å². The van der Waals surface area contributed by atoms with E-state index in [1.165, 1.54) is 0 Å². The van der Waals surface area contributed by atoms with Crippen molar-refractivity contribution in [3.05, 3.63) is 24.0 Å². The van der Waals surface area contributed by atoms with Gasteiger partial charge in [-0.3, -0.25) is 14.7 Å². The van der Waals surface area contributed by atoms with Crippen LogP contribution in [0.2, 0.25) is 0 Å². The summed E-state index contributed by atoms with van der Waals surface area (Å²) in [7, 11) is 0. The highest BCUT2D eigenvalue weighted by molar-refractivity contribution is 5.78. The van der Waals surface area contributed by atoms with Crippen LogP contribution in [0.25, 0.3) is 0 Å². The third-order valence-corrected chi connectivity index (χ3v) is 3.65. The van der Waals surface area contributed by atoms with Gasteiger partial charge in [0, 0.05) is 44.3 Å². The molecule has 0 bridgehead atoms. The highest BCUT2D eigenvalue weighted by Gasteiger charge is 2.23. The van der Waals surface area contributed by atoms with Crippen molar-refractivity contribution in [3.63, 3.8) is 0 Å². The molecule has 1 aromatic rings. The number of anilines is 1. The zero-order valence-electron chi connectivity index (χ0n) is 13.6. The Bertz CT molecular complexity index is 485. The summed E-state index contributed by atoms with van der Waals surface area (Å²) in [6.07, 6.45) is 3.96. The number of morpholine rings is 1. The van der Waals surface area contributed by atoms with E-state index in [0.717, 1.165) is 24.3 Å². The number of carbonyl (C=O) groups is 1. The number of ether oxygens (including phenoxy) is 1. The molecule has 1 saturated heterocycles. The first-order valence-electron chi connectivity index (χ1n) is 7.83. The molecule has 0 aliphatic carbocycles. The molecule has 0 saturated carbocycles. The minimum atomic E-state index is 0.0644. The van der Waals surface area contributed by atoms with Crippen molar-refractivity contribution < 1.29 is 9.53 Å². The number of aromatic nitrogens is 1. The Balaban J connectivity index is 1.65. The summed E-state index contributed by atoms with van der Waals surface area (Å²) in [4.78, 5) is 18.2. The van der Waals surface area contributed by atoms with E-state index in [1.54, 1.807) is 6.20 Å². The quantitative estimate of drug-likeness (QED) is 0.768. The Morgan fingerprint density at radius 3 is 2.77 bits per heavy atom. The number of nitrogens with zero attached hydrogens (tertiary/aromatic N) is 2. The zero-order chi connectivity index (χ0) is 15.9. The number of hydrogen-bond donors (Lipinski definition) is 2. The molecule has 0 radical (unpaired) electrons. The second-order valence-corrected chi connectivity index (χ2v) is 5.92. The number of nitrogens with one attached hydrogen (secondary N) is 2. The Morgan fingerprint density at radius 2 is 2.09 bits per heavy atom. The van der Waals surface area contributed by atoms with E-state index in [4.69, 9.17) is 4.74 Å². The lowest BCUT2D eigenvalue weighted by molar-refractivity contribution is -0.125. The van der Waals surface area contributed by atoms with Gasteiger partial charge in [-0.15, -0.1) is 0 Å². The van der Waals surface area contributed by atoms with Crippen LogP contribution in [-0.2, 0) is 9.53 Å². The van der Waals surface area contributed by atoms with E-state index in [1.807, 2.05) is 33.0 Å². The SMILES string of the molecule is Cc1cnccc1NCCNC(=O)CN1C[C@@H](C)O[C@@H](C)C1. The van der Waals surface area contributed by atoms with E-state index >= 15 is 0 Å². The third kappa shape index (κ3) is 5.27. The first kappa shape index (κ1) is 16.7. The summed E-state index contributed by atoms with van der Waals surface area (Å²) >= 11 is 0. The van der Waals surface area contributed by atoms with Crippen LogP contribution in [0.3, 0.4) is 0 Å². The number of hydrogen-bond acceptors (Lipinski definition) is 5. The van der Waals surface area contributed by atoms with Gasteiger partial charge in [-0.25, -0.2) is 0 Å². The first-order chi connectivity index (χ1) is 10.5. The first-order valence-corrected chi connectivity index (χ1v) is 7.83. The number of amides is 1. The molecular formula is C16H26N4O2. The average Bonchev–Trinajstić information content (AvgIpc) is 2.44. The lowest BCUT2D eigenvalue weighted by Gasteiger charge is -2.34. The van der Waals surface area contributed by atoms with Crippen molar-refractivity contribution in [1.29, 1.82) is 0 Å². The van der Waals surface area contributed by atoms with Gasteiger partial charge in [0.2, 0.25) is 5.91 Å². The molecule has 6 nitrogen and oxygen atoms in total. The largest absolute Gasteiger partial charge is 0.383 e. The van der Waals surface area contributed by atoms with Gasteiger partial charge in [0.1, 0.15) is 0 Å². The van der Waals surface area contributed by atoms with Gasteiger partial charge < -0.3 is 15.4 Å². The third-order valence-electron chi connectivity index (χ3n) is 3.65. The predicted molar refractivity (Wildman–Crippen MR) is 86.9 cm³/mol. The summed E-state index contributed by atoms with van der Waals surface area (Å²) < 4.78 is 5.67. The zero-order valence-corrected chi connectivity index (χ0v) is 13.6. The molecule has 1 aliphatic rings. The molecule has 0 spiro atoms. The second-order valence-electron chi connectivity index (χ2n) is 5.92. The number of aryl methyl sites for hydroxylation is 1. The predicted octanol–water partition coefficient (Wildman–Crippen LogP) is 1.03. The fourth-order valence-corrected chi connectivity index (χ4v) is 2.74. The molecule has 2 heterocycles. The van der Waals surface area contributed by atoms with Gasteiger partial charge in [0.15, 0.2) is 0 Å². The minimum absolute atomic E-state index is 0.0644. The van der Waals surface area contributed by atoms with Crippen LogP contribution >= 0.6 is 0 Å². The lowest BCUT2D eigenvalue weighted by Crippen LogP contribution is -2.49. The molecule has 1 aromatic heterocycles. The molecule has 0 unspecified atom stereocenters. The molecule has 2 N–H and O–H groups in total. The van der Waals surface area contributed by atoms with Crippen LogP contribution in [0.4, 0.5) is 5.69 Å². The van der Waals surface area contributed by atoms with E-state index in [9.17, 15) is 4.79 Å². The number of carbonyl (C=O) groups excluding carboxylic acids is 1. The lowest BCUT2D eigenvalue weighted by atomic mass is 10.2. The number of pyridine rings is 1. The molecule has 1 aliphatic heterocycles. The molecule has 2 rings (SSSR count). The van der Waals surface area contributed by atoms with Crippen LogP contribution in [0.1, 0.15) is 19.4 Å². The van der Waals surface area contributed by atoms with Crippen LogP contribution in [0.5, 0.6) is 0 Å². The Hall–Kier alpha value is -1.66. The van der Waals surface area contributed by atoms with Gasteiger partial charge >= 0.3 is 0 Å². The van der Waals surface area contributed by atoms with Crippen LogP contribution in [0.15, 0.2) is 18.5 Å². The van der Waals surface area contributed by atoms with Crippen molar-refractivity contribution in [2.45, 2.75) is 33.0 Å². The fraction of sp³-hybridized carbons (Fsp3) is 0.625. The van der Waals surface area contributed by atoms with Gasteiger partial charge in [-0.1, -0.05) is 0 Å². The van der Waals surface area contributed by atoms with E-state index in [-0.39, 0.29) is 18.1 Å². The van der Waals surface area contributed by atoms with E-state index in [2.05, 4.69) is 20.5 Å². The van der Waals surface area contributed by atoms with Crippen molar-refractivity contribution in [2.24, 2.45) is 0 Å². The maximum atomic E-state index is 12.0. The topological polar surface area (TPSA) is 66.5 Å². The number of rotatable bonds is 6. The van der Waals surface area contributed by atoms with E-state index < -0.39 is 0 Å². The fourth-order valence-electron chi connectivity index (χ4n) is 2.74. The minimum Gasteiger partial charge on any atom is -0.383 e. The molecule has 1 fully saturated rings. The van der Waals surface area contributed by atoms with Crippen molar-refractivity contribution in [2.75, 3.05) is 38.0 Å². The molecule has 22 heavy (non-hydrogen) atoms. The summed E-state index contributed by atoms with van der Waals surface area (Å²) in [5.41, 5.74) is 2.16.